The third-order valence-electron chi connectivity index (χ3n) is 5.60. The van der Waals surface area contributed by atoms with Crippen molar-refractivity contribution in [3.63, 3.8) is 0 Å². The number of carbonyl (C=O) groups excluding carboxylic acids is 2. The third kappa shape index (κ3) is 3.68. The van der Waals surface area contributed by atoms with Crippen molar-refractivity contribution in [2.24, 2.45) is 0 Å². The monoisotopic (exact) mass is 564 g/mol. The van der Waals surface area contributed by atoms with Crippen molar-refractivity contribution in [3.05, 3.63) is 124 Å². The molecule has 1 aliphatic heterocycles. The first-order valence-electron chi connectivity index (χ1n) is 10.6. The Morgan fingerprint density at radius 2 is 1.09 bits per heavy atom. The SMILES string of the molecule is CC(=O)C(I1OC(=O)c2ccccc21)=P(c1ccccc1)(c1ccccc1)c1ccccc1. The van der Waals surface area contributed by atoms with Gasteiger partial charge in [-0.3, -0.25) is 0 Å². The number of hydrogen-bond donors (Lipinski definition) is 0. The van der Waals surface area contributed by atoms with E-state index in [1.54, 1.807) is 13.0 Å². The topological polar surface area (TPSA) is 43.4 Å². The average molecular weight is 564 g/mol. The van der Waals surface area contributed by atoms with E-state index in [4.69, 9.17) is 3.07 Å². The second-order valence-corrected chi connectivity index (χ2v) is 15.9. The molecule has 0 bridgehead atoms. The van der Waals surface area contributed by atoms with Crippen LogP contribution < -0.4 is 15.9 Å². The first-order chi connectivity index (χ1) is 16.1. The number of Topliss-reactive ketones (excluding diaryl/α,β-unsaturated/α-hetero) is 1. The minimum absolute atomic E-state index is 0.00500. The van der Waals surface area contributed by atoms with E-state index >= 15 is 0 Å². The zero-order valence-corrected chi connectivity index (χ0v) is 21.1. The molecule has 0 fully saturated rings. The molecule has 5 heteroatoms. The quantitative estimate of drug-likeness (QED) is 0.249. The van der Waals surface area contributed by atoms with Gasteiger partial charge in [0.1, 0.15) is 0 Å². The molecule has 4 aromatic rings. The molecule has 164 valence electrons. The molecule has 0 aromatic heterocycles. The predicted octanol–water partition coefficient (Wildman–Crippen LogP) is 5.16. The van der Waals surface area contributed by atoms with Crippen LogP contribution in [-0.4, -0.2) is 15.1 Å². The normalized spacial score (nSPS) is 13.8. The van der Waals surface area contributed by atoms with E-state index in [-0.39, 0.29) is 11.8 Å². The van der Waals surface area contributed by atoms with Crippen molar-refractivity contribution in [2.75, 3.05) is 0 Å². The molecule has 0 unspecified atom stereocenters. The van der Waals surface area contributed by atoms with Crippen LogP contribution in [0.2, 0.25) is 0 Å². The van der Waals surface area contributed by atoms with E-state index < -0.39 is 27.1 Å². The molecule has 1 aliphatic rings. The van der Waals surface area contributed by atoms with Gasteiger partial charge in [-0.25, -0.2) is 0 Å². The molecule has 0 radical (unpaired) electrons. The van der Waals surface area contributed by atoms with Crippen LogP contribution in [0.5, 0.6) is 0 Å². The van der Waals surface area contributed by atoms with Crippen molar-refractivity contribution >= 4 is 58.1 Å². The van der Waals surface area contributed by atoms with E-state index in [9.17, 15) is 9.59 Å². The van der Waals surface area contributed by atoms with Crippen molar-refractivity contribution in [2.45, 2.75) is 6.92 Å². The summed E-state index contributed by atoms with van der Waals surface area (Å²) in [6, 6.07) is 38.3. The van der Waals surface area contributed by atoms with Crippen LogP contribution in [0.4, 0.5) is 0 Å². The van der Waals surface area contributed by atoms with E-state index in [0.29, 0.717) is 5.56 Å². The summed E-state index contributed by atoms with van der Waals surface area (Å²) in [4.78, 5) is 26.5. The predicted molar refractivity (Wildman–Crippen MR) is 145 cm³/mol. The van der Waals surface area contributed by atoms with Gasteiger partial charge in [0.15, 0.2) is 0 Å². The molecule has 4 aromatic carbocycles. The van der Waals surface area contributed by atoms with E-state index in [0.717, 1.165) is 22.8 Å². The van der Waals surface area contributed by atoms with Gasteiger partial charge in [-0.05, 0) is 0 Å². The summed E-state index contributed by atoms with van der Waals surface area (Å²) in [5.74, 6) is -0.323. The summed E-state index contributed by atoms with van der Waals surface area (Å²) in [7, 11) is 0. The number of fused-ring (bicyclic) bond motifs is 1. The molecule has 3 nitrogen and oxygen atoms in total. The van der Waals surface area contributed by atoms with Crippen LogP contribution in [0.1, 0.15) is 17.3 Å². The van der Waals surface area contributed by atoms with E-state index in [1.807, 2.05) is 72.8 Å². The number of carbonyl (C=O) groups is 2. The fraction of sp³-hybridized carbons (Fsp3) is 0.0357. The molecular formula is C28H22IO3P. The fourth-order valence-corrected chi connectivity index (χ4v) is 17.5. The molecule has 0 N–H and O–H groups in total. The second kappa shape index (κ2) is 9.12. The molecule has 0 atom stereocenters. The van der Waals surface area contributed by atoms with Gasteiger partial charge in [0.2, 0.25) is 0 Å². The standard InChI is InChI=1S/C28H22IO3P/c1-21(30)27(29-26-20-12-11-19-25(26)28(31)32-29)33(22-13-5-2-6-14-22,23-15-7-3-8-16-23)24-17-9-4-10-18-24/h2-20H,1H3. The Hall–Kier alpha value is -2.95. The number of ketones is 1. The summed E-state index contributed by atoms with van der Waals surface area (Å²) < 4.78 is 7.81. The number of halogens is 1. The molecule has 5 rings (SSSR count). The van der Waals surface area contributed by atoms with Crippen LogP contribution >= 0.6 is 27.1 Å². The number of rotatable bonds is 5. The van der Waals surface area contributed by atoms with E-state index in [1.165, 1.54) is 0 Å². The first kappa shape index (κ1) is 21.9. The minimum atomic E-state index is -2.81. The van der Waals surface area contributed by atoms with Crippen LogP contribution in [-0.2, 0) is 7.86 Å². The van der Waals surface area contributed by atoms with Crippen LogP contribution in [0, 0.1) is 3.57 Å². The second-order valence-electron chi connectivity index (χ2n) is 7.62. The van der Waals surface area contributed by atoms with Gasteiger partial charge in [0.05, 0.1) is 0 Å². The molecular weight excluding hydrogens is 542 g/mol. The van der Waals surface area contributed by atoms with Crippen molar-refractivity contribution in [1.29, 1.82) is 0 Å². The molecule has 0 saturated carbocycles. The van der Waals surface area contributed by atoms with Crippen LogP contribution in [0.25, 0.3) is 0 Å². The Kier molecular flexibility index (Phi) is 6.05. The van der Waals surface area contributed by atoms with Crippen molar-refractivity contribution < 1.29 is 12.7 Å². The van der Waals surface area contributed by atoms with Gasteiger partial charge in [-0.1, -0.05) is 0 Å². The Balaban J connectivity index is 2.01. The Labute approximate surface area is 201 Å². The zero-order valence-electron chi connectivity index (χ0n) is 18.0. The van der Waals surface area contributed by atoms with Crippen molar-refractivity contribution in [1.82, 2.24) is 0 Å². The van der Waals surface area contributed by atoms with Gasteiger partial charge in [0, 0.05) is 0 Å². The molecule has 1 heterocycles. The molecule has 33 heavy (non-hydrogen) atoms. The third-order valence-corrected chi connectivity index (χ3v) is 17.5. The average Bonchev–Trinajstić information content (AvgIpc) is 3.19. The maximum atomic E-state index is 13.7. The molecule has 0 spiro atoms. The summed E-state index contributed by atoms with van der Waals surface area (Å²) >= 11 is -2.81. The number of benzene rings is 4. The van der Waals surface area contributed by atoms with Gasteiger partial charge >= 0.3 is 202 Å². The Bertz CT molecular complexity index is 1280. The summed E-state index contributed by atoms with van der Waals surface area (Å²) in [6.07, 6.45) is 0. The van der Waals surface area contributed by atoms with Crippen molar-refractivity contribution in [3.8, 4) is 0 Å². The molecule has 0 saturated heterocycles. The maximum absolute atomic E-state index is 13.7. The van der Waals surface area contributed by atoms with E-state index in [2.05, 4.69) is 36.4 Å². The number of hydrogen-bond acceptors (Lipinski definition) is 3. The fourth-order valence-electron chi connectivity index (χ4n) is 4.28. The zero-order chi connectivity index (χ0) is 22.8. The molecule has 0 aliphatic carbocycles. The van der Waals surface area contributed by atoms with Crippen LogP contribution in [0.3, 0.4) is 0 Å². The first-order valence-corrected chi connectivity index (χ1v) is 15.4. The van der Waals surface area contributed by atoms with Gasteiger partial charge in [-0.15, -0.1) is 0 Å². The van der Waals surface area contributed by atoms with Gasteiger partial charge < -0.3 is 0 Å². The Morgan fingerprint density at radius 3 is 1.55 bits per heavy atom. The molecule has 0 amide bonds. The van der Waals surface area contributed by atoms with Crippen LogP contribution in [0.15, 0.2) is 115 Å². The summed E-state index contributed by atoms with van der Waals surface area (Å²) in [5, 5.41) is 3.26. The van der Waals surface area contributed by atoms with Gasteiger partial charge in [0.25, 0.3) is 0 Å². The summed E-state index contributed by atoms with van der Waals surface area (Å²) in [5.41, 5.74) is 0.591. The van der Waals surface area contributed by atoms with Gasteiger partial charge in [-0.2, -0.15) is 0 Å². The summed E-state index contributed by atoms with van der Waals surface area (Å²) in [6.45, 7) is -0.961. The Morgan fingerprint density at radius 1 is 0.667 bits per heavy atom.